The minimum absolute atomic E-state index is 0.0880. The molecule has 0 radical (unpaired) electrons. The number of nitrogens with two attached hydrogens (primary N) is 2. The molecular formula is C4H11N5O. The van der Waals surface area contributed by atoms with Gasteiger partial charge in [-0.3, -0.25) is 15.7 Å². The summed E-state index contributed by atoms with van der Waals surface area (Å²) in [6.45, 7) is -0.0934. The number of hydrogen-bond donors (Lipinski definition) is 5. The molecule has 6 nitrogen and oxygen atoms in total. The zero-order valence-corrected chi connectivity index (χ0v) is 5.46. The highest BCUT2D eigenvalue weighted by atomic mass is 16.3. The molecule has 0 saturated carbocycles. The minimum atomic E-state index is -0.332. The zero-order chi connectivity index (χ0) is 8.15. The Morgan fingerprint density at radius 2 is 1.70 bits per heavy atom. The third-order valence-corrected chi connectivity index (χ3v) is 0.905. The van der Waals surface area contributed by atoms with E-state index in [1.807, 2.05) is 0 Å². The Balaban J connectivity index is 3.98. The van der Waals surface area contributed by atoms with Crippen LogP contribution in [0.5, 0.6) is 0 Å². The third-order valence-electron chi connectivity index (χ3n) is 0.905. The number of nitrogens with one attached hydrogen (secondary N) is 2. The first-order valence-corrected chi connectivity index (χ1v) is 2.66. The first-order chi connectivity index (χ1) is 4.59. The molecule has 0 heterocycles. The SMILES string of the molecule is N=C(N)N(CCO)C(=N)N. The summed E-state index contributed by atoms with van der Waals surface area (Å²) in [4.78, 5) is 0.986. The summed E-state index contributed by atoms with van der Waals surface area (Å²) in [5.74, 6) is -0.664. The first-order valence-electron chi connectivity index (χ1n) is 2.66. The molecule has 0 aliphatic rings. The van der Waals surface area contributed by atoms with Crippen molar-refractivity contribution in [2.24, 2.45) is 11.5 Å². The van der Waals surface area contributed by atoms with E-state index in [1.165, 1.54) is 0 Å². The van der Waals surface area contributed by atoms with Gasteiger partial charge in [0.15, 0.2) is 11.9 Å². The molecule has 0 aromatic heterocycles. The minimum Gasteiger partial charge on any atom is -0.395 e. The largest absolute Gasteiger partial charge is 0.395 e. The van der Waals surface area contributed by atoms with Gasteiger partial charge in [0.25, 0.3) is 0 Å². The molecule has 0 unspecified atom stereocenters. The number of guanidine groups is 2. The molecule has 10 heavy (non-hydrogen) atoms. The predicted molar refractivity (Wildman–Crippen MR) is 37.6 cm³/mol. The first kappa shape index (κ1) is 8.70. The number of aliphatic hydroxyl groups excluding tert-OH is 1. The lowest BCUT2D eigenvalue weighted by atomic mass is 10.6. The number of hydrogen-bond acceptors (Lipinski definition) is 3. The molecule has 0 aliphatic heterocycles. The van der Waals surface area contributed by atoms with Crippen LogP contribution >= 0.6 is 0 Å². The average Bonchev–Trinajstić information content (AvgIpc) is 1.81. The van der Waals surface area contributed by atoms with Gasteiger partial charge in [-0.1, -0.05) is 0 Å². The smallest absolute Gasteiger partial charge is 0.195 e. The fraction of sp³-hybridized carbons (Fsp3) is 0.500. The van der Waals surface area contributed by atoms with Crippen molar-refractivity contribution in [3.63, 3.8) is 0 Å². The molecule has 0 rings (SSSR count). The standard InChI is InChI=1S/C4H11N5O/c5-3(6)9(1-2-10)4(7)8/h10H,1-2H2,(H3,5,6)(H3,7,8). The maximum Gasteiger partial charge on any atom is 0.195 e. The molecule has 0 amide bonds. The Hall–Kier alpha value is -1.30. The van der Waals surface area contributed by atoms with E-state index in [0.29, 0.717) is 0 Å². The van der Waals surface area contributed by atoms with Crippen LogP contribution in [-0.2, 0) is 0 Å². The van der Waals surface area contributed by atoms with Crippen LogP contribution in [-0.4, -0.2) is 35.1 Å². The van der Waals surface area contributed by atoms with Gasteiger partial charge in [-0.15, -0.1) is 0 Å². The molecule has 0 fully saturated rings. The van der Waals surface area contributed by atoms with E-state index >= 15 is 0 Å². The van der Waals surface area contributed by atoms with Crippen LogP contribution < -0.4 is 11.5 Å². The lowest BCUT2D eigenvalue weighted by Crippen LogP contribution is -2.46. The van der Waals surface area contributed by atoms with E-state index in [4.69, 9.17) is 27.4 Å². The van der Waals surface area contributed by atoms with E-state index in [-0.39, 0.29) is 25.1 Å². The summed E-state index contributed by atoms with van der Waals surface area (Å²) in [5.41, 5.74) is 10.0. The highest BCUT2D eigenvalue weighted by molar-refractivity contribution is 5.94. The second kappa shape index (κ2) is 3.67. The summed E-state index contributed by atoms with van der Waals surface area (Å²) < 4.78 is 0. The van der Waals surface area contributed by atoms with Crippen LogP contribution in [0.25, 0.3) is 0 Å². The van der Waals surface area contributed by atoms with E-state index in [2.05, 4.69) is 0 Å². The molecule has 6 heteroatoms. The summed E-state index contributed by atoms with van der Waals surface area (Å²) in [6, 6.07) is 0. The fourth-order valence-electron chi connectivity index (χ4n) is 0.471. The Kier molecular flexibility index (Phi) is 3.20. The number of aliphatic hydroxyl groups is 1. The quantitative estimate of drug-likeness (QED) is 0.229. The topological polar surface area (TPSA) is 123 Å². The summed E-state index contributed by atoms with van der Waals surface area (Å²) in [7, 11) is 0. The van der Waals surface area contributed by atoms with Crippen molar-refractivity contribution in [3.05, 3.63) is 0 Å². The maximum atomic E-state index is 8.39. The lowest BCUT2D eigenvalue weighted by Gasteiger charge is -2.18. The molecular weight excluding hydrogens is 134 g/mol. The van der Waals surface area contributed by atoms with E-state index in [9.17, 15) is 0 Å². The summed E-state index contributed by atoms with van der Waals surface area (Å²) >= 11 is 0. The predicted octanol–water partition coefficient (Wildman–Crippen LogP) is -1.93. The van der Waals surface area contributed by atoms with Crippen molar-refractivity contribution in [3.8, 4) is 0 Å². The monoisotopic (exact) mass is 145 g/mol. The van der Waals surface area contributed by atoms with Crippen LogP contribution in [0.1, 0.15) is 0 Å². The summed E-state index contributed by atoms with van der Waals surface area (Å²) in [6.07, 6.45) is 0. The van der Waals surface area contributed by atoms with Crippen molar-refractivity contribution < 1.29 is 5.11 Å². The van der Waals surface area contributed by atoms with Crippen LogP contribution in [0.15, 0.2) is 0 Å². The van der Waals surface area contributed by atoms with Crippen LogP contribution in [0, 0.1) is 10.8 Å². The molecule has 0 aliphatic carbocycles. The van der Waals surface area contributed by atoms with E-state index in [1.54, 1.807) is 0 Å². The number of nitrogens with zero attached hydrogens (tertiary/aromatic N) is 1. The lowest BCUT2D eigenvalue weighted by molar-refractivity contribution is 0.275. The maximum absolute atomic E-state index is 8.39. The van der Waals surface area contributed by atoms with E-state index in [0.717, 1.165) is 4.90 Å². The Morgan fingerprint density at radius 3 is 1.80 bits per heavy atom. The van der Waals surface area contributed by atoms with Gasteiger partial charge in [0.05, 0.1) is 13.2 Å². The second-order valence-corrected chi connectivity index (χ2v) is 1.65. The number of rotatable bonds is 2. The van der Waals surface area contributed by atoms with Gasteiger partial charge in [0.1, 0.15) is 0 Å². The molecule has 0 aromatic rings. The molecule has 7 N–H and O–H groups in total. The van der Waals surface area contributed by atoms with Crippen molar-refractivity contribution in [1.29, 1.82) is 10.8 Å². The molecule has 0 saturated heterocycles. The normalized spacial score (nSPS) is 8.90. The van der Waals surface area contributed by atoms with Crippen molar-refractivity contribution >= 4 is 11.9 Å². The van der Waals surface area contributed by atoms with Gasteiger partial charge >= 0.3 is 0 Å². The molecule has 0 aromatic carbocycles. The van der Waals surface area contributed by atoms with Crippen LogP contribution in [0.2, 0.25) is 0 Å². The van der Waals surface area contributed by atoms with Gasteiger partial charge in [-0.25, -0.2) is 0 Å². The third kappa shape index (κ3) is 2.31. The second-order valence-electron chi connectivity index (χ2n) is 1.65. The van der Waals surface area contributed by atoms with Gasteiger partial charge < -0.3 is 16.6 Å². The van der Waals surface area contributed by atoms with Crippen LogP contribution in [0.4, 0.5) is 0 Å². The van der Waals surface area contributed by atoms with E-state index < -0.39 is 0 Å². The average molecular weight is 145 g/mol. The highest BCUT2D eigenvalue weighted by Crippen LogP contribution is 1.81. The molecule has 0 atom stereocenters. The Bertz CT molecular complexity index is 131. The van der Waals surface area contributed by atoms with Gasteiger partial charge in [-0.2, -0.15) is 0 Å². The molecule has 0 bridgehead atoms. The van der Waals surface area contributed by atoms with Gasteiger partial charge in [0, 0.05) is 0 Å². The molecule has 0 spiro atoms. The zero-order valence-electron chi connectivity index (χ0n) is 5.46. The fourth-order valence-corrected chi connectivity index (χ4v) is 0.471. The molecule has 58 valence electrons. The van der Waals surface area contributed by atoms with Crippen molar-refractivity contribution in [2.45, 2.75) is 0 Å². The van der Waals surface area contributed by atoms with Crippen molar-refractivity contribution in [1.82, 2.24) is 4.90 Å². The van der Waals surface area contributed by atoms with Crippen LogP contribution in [0.3, 0.4) is 0 Å². The summed E-state index contributed by atoms with van der Waals surface area (Å²) in [5, 5.41) is 22.1. The van der Waals surface area contributed by atoms with Gasteiger partial charge in [-0.05, 0) is 0 Å². The highest BCUT2D eigenvalue weighted by Gasteiger charge is 2.06. The Labute approximate surface area is 58.4 Å². The Morgan fingerprint density at radius 1 is 1.30 bits per heavy atom. The van der Waals surface area contributed by atoms with Crippen molar-refractivity contribution in [2.75, 3.05) is 13.2 Å². The van der Waals surface area contributed by atoms with Gasteiger partial charge in [0.2, 0.25) is 0 Å².